The average molecular weight is 278 g/mol. The van der Waals surface area contributed by atoms with Crippen molar-refractivity contribution in [3.8, 4) is 0 Å². The van der Waals surface area contributed by atoms with Gasteiger partial charge in [0.15, 0.2) is 5.16 Å². The first-order chi connectivity index (χ1) is 9.16. The Morgan fingerprint density at radius 3 is 3.05 bits per heavy atom. The molecule has 0 aromatic carbocycles. The molecule has 1 saturated carbocycles. The molecule has 3 rings (SSSR count). The van der Waals surface area contributed by atoms with E-state index >= 15 is 0 Å². The second-order valence-electron chi connectivity index (χ2n) is 4.59. The third-order valence-electron chi connectivity index (χ3n) is 3.02. The maximum absolute atomic E-state index is 11.7. The summed E-state index contributed by atoms with van der Waals surface area (Å²) in [6.45, 7) is 1.69. The Morgan fingerprint density at radius 1 is 1.58 bits per heavy atom. The van der Waals surface area contributed by atoms with E-state index in [1.807, 2.05) is 6.07 Å². The number of hydrogen-bond acceptors (Lipinski definition) is 5. The molecule has 0 saturated heterocycles. The smallest absolute Gasteiger partial charge is 0.344 e. The zero-order chi connectivity index (χ0) is 13.4. The molecule has 2 aromatic heterocycles. The topological polar surface area (TPSA) is 83.8 Å². The van der Waals surface area contributed by atoms with E-state index in [4.69, 9.17) is 0 Å². The third kappa shape index (κ3) is 2.43. The van der Waals surface area contributed by atoms with Crippen molar-refractivity contribution in [1.82, 2.24) is 19.7 Å². The van der Waals surface area contributed by atoms with E-state index in [0.29, 0.717) is 10.2 Å². The van der Waals surface area contributed by atoms with Crippen molar-refractivity contribution < 1.29 is 5.11 Å². The molecule has 7 heteroatoms. The molecule has 0 spiro atoms. The van der Waals surface area contributed by atoms with Crippen LogP contribution in [0.15, 0.2) is 33.3 Å². The molecule has 1 atom stereocenters. The van der Waals surface area contributed by atoms with E-state index in [2.05, 4.69) is 15.2 Å². The molecule has 0 aliphatic heterocycles. The molecule has 1 fully saturated rings. The molecule has 2 heterocycles. The zero-order valence-corrected chi connectivity index (χ0v) is 11.2. The van der Waals surface area contributed by atoms with Gasteiger partial charge < -0.3 is 5.11 Å². The van der Waals surface area contributed by atoms with Gasteiger partial charge in [0.2, 0.25) is 0 Å². The molecule has 19 heavy (non-hydrogen) atoms. The first kappa shape index (κ1) is 12.4. The van der Waals surface area contributed by atoms with Gasteiger partial charge in [-0.1, -0.05) is 6.07 Å². The van der Waals surface area contributed by atoms with Gasteiger partial charge in [0.05, 0.1) is 6.10 Å². The number of aromatic amines is 1. The Bertz CT molecular complexity index is 645. The van der Waals surface area contributed by atoms with Gasteiger partial charge in [0, 0.05) is 17.8 Å². The first-order valence-electron chi connectivity index (χ1n) is 6.14. The summed E-state index contributed by atoms with van der Waals surface area (Å²) >= 11 is 1.31. The van der Waals surface area contributed by atoms with E-state index in [0.717, 1.165) is 18.4 Å². The van der Waals surface area contributed by atoms with Crippen molar-refractivity contribution in [3.63, 3.8) is 0 Å². The van der Waals surface area contributed by atoms with Gasteiger partial charge in [-0.15, -0.1) is 5.10 Å². The second kappa shape index (κ2) is 4.82. The molecule has 2 N–H and O–H groups in total. The van der Waals surface area contributed by atoms with Crippen LogP contribution in [0.3, 0.4) is 0 Å². The van der Waals surface area contributed by atoms with Crippen LogP contribution < -0.4 is 5.69 Å². The first-order valence-corrected chi connectivity index (χ1v) is 6.96. The molecule has 1 unspecified atom stereocenters. The maximum Gasteiger partial charge on any atom is 0.344 e. The summed E-state index contributed by atoms with van der Waals surface area (Å²) < 4.78 is 1.67. The molecular formula is C12H14N4O2S. The molecular weight excluding hydrogens is 264 g/mol. The Morgan fingerprint density at radius 2 is 2.37 bits per heavy atom. The lowest BCUT2D eigenvalue weighted by molar-refractivity contribution is 0.195. The van der Waals surface area contributed by atoms with Crippen LogP contribution in [0.2, 0.25) is 0 Å². The number of aliphatic hydroxyl groups is 1. The van der Waals surface area contributed by atoms with E-state index in [9.17, 15) is 9.90 Å². The van der Waals surface area contributed by atoms with Gasteiger partial charge in [0.25, 0.3) is 0 Å². The lowest BCUT2D eigenvalue weighted by Gasteiger charge is -2.09. The summed E-state index contributed by atoms with van der Waals surface area (Å²) in [6.07, 6.45) is 3.09. The monoisotopic (exact) mass is 278 g/mol. The molecule has 2 aromatic rings. The number of nitrogens with zero attached hydrogens (tertiary/aromatic N) is 3. The van der Waals surface area contributed by atoms with E-state index in [1.54, 1.807) is 23.8 Å². The third-order valence-corrected chi connectivity index (χ3v) is 4.03. The van der Waals surface area contributed by atoms with E-state index < -0.39 is 6.10 Å². The molecule has 100 valence electrons. The fraction of sp³-hybridized carbons (Fsp3) is 0.417. The average Bonchev–Trinajstić information content (AvgIpc) is 3.15. The number of aromatic nitrogens is 4. The summed E-state index contributed by atoms with van der Waals surface area (Å²) in [5.74, 6) is 0. The molecule has 1 aliphatic carbocycles. The largest absolute Gasteiger partial charge is 0.389 e. The number of aliphatic hydroxyl groups excluding tert-OH is 1. The van der Waals surface area contributed by atoms with E-state index in [-0.39, 0.29) is 11.7 Å². The van der Waals surface area contributed by atoms with Crippen LogP contribution in [0.25, 0.3) is 0 Å². The number of pyridine rings is 1. The van der Waals surface area contributed by atoms with Crippen molar-refractivity contribution in [2.75, 3.05) is 0 Å². The summed E-state index contributed by atoms with van der Waals surface area (Å²) in [6, 6.07) is 3.86. The minimum absolute atomic E-state index is 0.181. The normalized spacial score (nSPS) is 16.5. The summed E-state index contributed by atoms with van der Waals surface area (Å²) in [4.78, 5) is 16.0. The predicted molar refractivity (Wildman–Crippen MR) is 70.1 cm³/mol. The summed E-state index contributed by atoms with van der Waals surface area (Å²) in [5.41, 5.74) is 0.560. The van der Waals surface area contributed by atoms with Crippen LogP contribution >= 0.6 is 11.8 Å². The van der Waals surface area contributed by atoms with Crippen molar-refractivity contribution in [2.45, 2.75) is 42.1 Å². The van der Waals surface area contributed by atoms with Gasteiger partial charge in [-0.2, -0.15) is 0 Å². The summed E-state index contributed by atoms with van der Waals surface area (Å²) in [5, 5.41) is 17.5. The number of hydrogen-bond donors (Lipinski definition) is 2. The van der Waals surface area contributed by atoms with Crippen LogP contribution in [-0.4, -0.2) is 24.9 Å². The fourth-order valence-electron chi connectivity index (χ4n) is 1.91. The fourth-order valence-corrected chi connectivity index (χ4v) is 2.97. The predicted octanol–water partition coefficient (Wildman–Crippen LogP) is 1.51. The minimum Gasteiger partial charge on any atom is -0.389 e. The molecule has 6 nitrogen and oxygen atoms in total. The lowest BCUT2D eigenvalue weighted by atomic mass is 10.2. The molecule has 1 aliphatic rings. The van der Waals surface area contributed by atoms with Crippen molar-refractivity contribution in [3.05, 3.63) is 34.4 Å². The Hall–Kier alpha value is -1.60. The molecule has 0 bridgehead atoms. The van der Waals surface area contributed by atoms with Crippen LogP contribution in [0.5, 0.6) is 0 Å². The highest BCUT2D eigenvalue weighted by atomic mass is 32.2. The van der Waals surface area contributed by atoms with Crippen molar-refractivity contribution in [2.24, 2.45) is 0 Å². The Balaban J connectivity index is 1.96. The van der Waals surface area contributed by atoms with E-state index in [1.165, 1.54) is 11.8 Å². The van der Waals surface area contributed by atoms with Gasteiger partial charge >= 0.3 is 5.69 Å². The number of nitrogens with one attached hydrogen (secondary N) is 1. The number of rotatable bonds is 4. The Kier molecular flexibility index (Phi) is 3.16. The highest BCUT2D eigenvalue weighted by Gasteiger charge is 2.29. The summed E-state index contributed by atoms with van der Waals surface area (Å²) in [7, 11) is 0. The molecule has 0 amide bonds. The number of H-pyrrole nitrogens is 1. The lowest BCUT2D eigenvalue weighted by Crippen LogP contribution is -2.16. The Labute approximate surface area is 113 Å². The van der Waals surface area contributed by atoms with Crippen molar-refractivity contribution >= 4 is 11.8 Å². The molecule has 0 radical (unpaired) electrons. The van der Waals surface area contributed by atoms with Crippen LogP contribution in [0.1, 0.15) is 37.5 Å². The highest BCUT2D eigenvalue weighted by molar-refractivity contribution is 7.99. The standard InChI is InChI=1S/C12H14N4O2S/c1-7(17)9-3-2-6-13-10(9)19-12-15-14-11(18)16(12)8-4-5-8/h2-3,6-8,17H,4-5H2,1H3,(H,14,18). The quantitative estimate of drug-likeness (QED) is 0.885. The van der Waals surface area contributed by atoms with Crippen molar-refractivity contribution in [1.29, 1.82) is 0 Å². The van der Waals surface area contributed by atoms with Gasteiger partial charge in [-0.25, -0.2) is 14.9 Å². The zero-order valence-electron chi connectivity index (χ0n) is 10.4. The second-order valence-corrected chi connectivity index (χ2v) is 5.54. The highest BCUT2D eigenvalue weighted by Crippen LogP contribution is 2.38. The van der Waals surface area contributed by atoms with Gasteiger partial charge in [-0.3, -0.25) is 4.57 Å². The van der Waals surface area contributed by atoms with Gasteiger partial charge in [0.1, 0.15) is 5.03 Å². The van der Waals surface area contributed by atoms with Gasteiger partial charge in [-0.05, 0) is 37.6 Å². The van der Waals surface area contributed by atoms with Crippen LogP contribution in [-0.2, 0) is 0 Å². The van der Waals surface area contributed by atoms with Crippen LogP contribution in [0, 0.1) is 0 Å². The SMILES string of the molecule is CC(O)c1cccnc1Sc1n[nH]c(=O)n1C1CC1. The van der Waals surface area contributed by atoms with Crippen LogP contribution in [0.4, 0.5) is 0 Å². The maximum atomic E-state index is 11.7. The minimum atomic E-state index is -0.601.